The molecular weight excluding hydrogens is 404 g/mol. The number of thiazole rings is 1. The van der Waals surface area contributed by atoms with E-state index in [1.165, 1.54) is 22.9 Å². The maximum absolute atomic E-state index is 14.7. The molecule has 0 radical (unpaired) electrons. The van der Waals surface area contributed by atoms with Gasteiger partial charge in [0.15, 0.2) is 0 Å². The van der Waals surface area contributed by atoms with Crippen LogP contribution in [0, 0.1) is 5.95 Å². The number of halogens is 2. The lowest BCUT2D eigenvalue weighted by Gasteiger charge is -2.24. The third-order valence-corrected chi connectivity index (χ3v) is 6.65. The van der Waals surface area contributed by atoms with Crippen LogP contribution in [-0.2, 0) is 6.42 Å². The number of aromatic nitrogens is 3. The van der Waals surface area contributed by atoms with Gasteiger partial charge in [0.2, 0.25) is 5.95 Å². The number of nitrogens with zero attached hydrogens (tertiary/aromatic N) is 5. The minimum atomic E-state index is -0.900. The van der Waals surface area contributed by atoms with Gasteiger partial charge in [0.05, 0.1) is 29.7 Å². The quantitative estimate of drug-likeness (QED) is 0.608. The Labute approximate surface area is 167 Å². The summed E-state index contributed by atoms with van der Waals surface area (Å²) in [6.07, 6.45) is 1.80. The minimum Gasteiger partial charge on any atom is -0.353 e. The van der Waals surface area contributed by atoms with E-state index in [9.17, 15) is 13.6 Å². The highest BCUT2D eigenvalue weighted by Crippen LogP contribution is 2.35. The fourth-order valence-corrected chi connectivity index (χ4v) is 5.11. The van der Waals surface area contributed by atoms with E-state index in [4.69, 9.17) is 0 Å². The van der Waals surface area contributed by atoms with Gasteiger partial charge in [-0.25, -0.2) is 14.4 Å². The van der Waals surface area contributed by atoms with Gasteiger partial charge in [-0.05, 0) is 30.1 Å². The van der Waals surface area contributed by atoms with Gasteiger partial charge in [0.25, 0.3) is 5.91 Å². The summed E-state index contributed by atoms with van der Waals surface area (Å²) < 4.78 is 32.1. The fourth-order valence-electron chi connectivity index (χ4n) is 3.51. The lowest BCUT2D eigenvalue weighted by molar-refractivity contribution is 0.0984. The number of hydrogen-bond acceptors (Lipinski definition) is 7. The summed E-state index contributed by atoms with van der Waals surface area (Å²) in [7, 11) is 0. The first kappa shape index (κ1) is 17.6. The Hall–Kier alpha value is -2.46. The van der Waals surface area contributed by atoms with Crippen molar-refractivity contribution < 1.29 is 13.6 Å². The van der Waals surface area contributed by atoms with Crippen molar-refractivity contribution in [1.82, 2.24) is 14.3 Å². The highest BCUT2D eigenvalue weighted by atomic mass is 32.1. The first-order chi connectivity index (χ1) is 13.6. The van der Waals surface area contributed by atoms with E-state index in [0.29, 0.717) is 47.3 Å². The number of amides is 1. The SMILES string of the molecule is O=C1c2sc(-c3ccc(N4CC[C@H](F)C4)nc3F)nc2CCN1c1cnsc1. The number of alkyl halides is 1. The fraction of sp³-hybridized carbons (Fsp3) is 0.333. The van der Waals surface area contributed by atoms with Gasteiger partial charge in [0.1, 0.15) is 21.9 Å². The van der Waals surface area contributed by atoms with E-state index < -0.39 is 12.1 Å². The summed E-state index contributed by atoms with van der Waals surface area (Å²) in [6.45, 7) is 1.28. The van der Waals surface area contributed by atoms with Crippen LogP contribution in [0.3, 0.4) is 0 Å². The molecule has 3 aromatic rings. The molecule has 0 aromatic carbocycles. The average Bonchev–Trinajstić information content (AvgIpc) is 3.42. The monoisotopic (exact) mass is 419 g/mol. The van der Waals surface area contributed by atoms with Crippen LogP contribution in [0.2, 0.25) is 0 Å². The third-order valence-electron chi connectivity index (χ3n) is 4.96. The molecule has 1 saturated heterocycles. The van der Waals surface area contributed by atoms with Crippen LogP contribution in [0.1, 0.15) is 21.8 Å². The van der Waals surface area contributed by atoms with Crippen molar-refractivity contribution >= 4 is 40.3 Å². The van der Waals surface area contributed by atoms with Gasteiger partial charge in [-0.15, -0.1) is 11.3 Å². The first-order valence-corrected chi connectivity index (χ1v) is 10.5. The smallest absolute Gasteiger partial charge is 0.270 e. The third kappa shape index (κ3) is 2.96. The standard InChI is InChI=1S/C18H15F2N5OS2/c19-10-3-5-24(8-10)14-2-1-12(16(20)23-14)17-22-13-4-6-25(11-7-21-27-9-11)18(26)15(13)28-17/h1-2,7,9-10H,3-6,8H2/t10-/m0/s1. The van der Waals surface area contributed by atoms with Crippen LogP contribution < -0.4 is 9.80 Å². The molecule has 5 rings (SSSR count). The van der Waals surface area contributed by atoms with E-state index in [0.717, 1.165) is 5.69 Å². The van der Waals surface area contributed by atoms with Gasteiger partial charge in [-0.1, -0.05) is 0 Å². The number of carbonyl (C=O) groups excluding carboxylic acids is 1. The van der Waals surface area contributed by atoms with Crippen molar-refractivity contribution in [2.75, 3.05) is 29.4 Å². The Balaban J connectivity index is 1.44. The molecular formula is C18H15F2N5OS2. The van der Waals surface area contributed by atoms with E-state index in [-0.39, 0.29) is 18.0 Å². The average molecular weight is 419 g/mol. The highest BCUT2D eigenvalue weighted by Gasteiger charge is 2.31. The van der Waals surface area contributed by atoms with Crippen molar-refractivity contribution in [3.8, 4) is 10.6 Å². The second-order valence-corrected chi connectivity index (χ2v) is 8.38. The lowest BCUT2D eigenvalue weighted by atomic mass is 10.1. The molecule has 2 aliphatic rings. The van der Waals surface area contributed by atoms with E-state index in [1.807, 2.05) is 5.38 Å². The Kier molecular flexibility index (Phi) is 4.31. The summed E-state index contributed by atoms with van der Waals surface area (Å²) in [4.78, 5) is 25.3. The van der Waals surface area contributed by atoms with Gasteiger partial charge in [-0.3, -0.25) is 4.79 Å². The van der Waals surface area contributed by atoms with Crippen LogP contribution >= 0.6 is 22.9 Å². The molecule has 3 aromatic heterocycles. The van der Waals surface area contributed by atoms with Crippen LogP contribution in [-0.4, -0.2) is 46.1 Å². The molecule has 1 amide bonds. The Morgan fingerprint density at radius 3 is 2.82 bits per heavy atom. The molecule has 2 aliphatic heterocycles. The van der Waals surface area contributed by atoms with Crippen molar-refractivity contribution in [2.45, 2.75) is 19.0 Å². The number of rotatable bonds is 3. The molecule has 0 N–H and O–H groups in total. The van der Waals surface area contributed by atoms with Gasteiger partial charge < -0.3 is 9.80 Å². The molecule has 10 heteroatoms. The Bertz CT molecular complexity index is 1040. The number of anilines is 2. The summed E-state index contributed by atoms with van der Waals surface area (Å²) in [5.74, 6) is -0.367. The van der Waals surface area contributed by atoms with Crippen LogP contribution in [0.15, 0.2) is 23.7 Å². The Morgan fingerprint density at radius 1 is 1.21 bits per heavy atom. The molecule has 6 nitrogen and oxygen atoms in total. The summed E-state index contributed by atoms with van der Waals surface area (Å²) in [5.41, 5.74) is 1.72. The first-order valence-electron chi connectivity index (χ1n) is 8.87. The van der Waals surface area contributed by atoms with E-state index in [2.05, 4.69) is 14.3 Å². The number of carbonyl (C=O) groups is 1. The molecule has 5 heterocycles. The predicted octanol–water partition coefficient (Wildman–Crippen LogP) is 3.55. The largest absolute Gasteiger partial charge is 0.353 e. The zero-order chi connectivity index (χ0) is 19.3. The van der Waals surface area contributed by atoms with E-state index in [1.54, 1.807) is 28.1 Å². The van der Waals surface area contributed by atoms with Crippen molar-refractivity contribution in [2.24, 2.45) is 0 Å². The number of fused-ring (bicyclic) bond motifs is 1. The van der Waals surface area contributed by atoms with Crippen molar-refractivity contribution in [1.29, 1.82) is 0 Å². The predicted molar refractivity (Wildman–Crippen MR) is 105 cm³/mol. The second kappa shape index (κ2) is 6.85. The summed E-state index contributed by atoms with van der Waals surface area (Å²) in [5, 5.41) is 2.26. The molecule has 144 valence electrons. The molecule has 0 spiro atoms. The molecule has 28 heavy (non-hydrogen) atoms. The van der Waals surface area contributed by atoms with Crippen LogP contribution in [0.25, 0.3) is 10.6 Å². The maximum atomic E-state index is 14.7. The summed E-state index contributed by atoms with van der Waals surface area (Å²) >= 11 is 2.47. The van der Waals surface area contributed by atoms with Gasteiger partial charge in [0, 0.05) is 24.9 Å². The van der Waals surface area contributed by atoms with Crippen LogP contribution in [0.5, 0.6) is 0 Å². The zero-order valence-corrected chi connectivity index (χ0v) is 16.3. The molecule has 0 saturated carbocycles. The minimum absolute atomic E-state index is 0.138. The van der Waals surface area contributed by atoms with Crippen molar-refractivity contribution in [3.05, 3.63) is 40.2 Å². The topological polar surface area (TPSA) is 62.2 Å². The maximum Gasteiger partial charge on any atom is 0.270 e. The highest BCUT2D eigenvalue weighted by molar-refractivity contribution is 7.17. The van der Waals surface area contributed by atoms with Gasteiger partial charge in [-0.2, -0.15) is 8.76 Å². The van der Waals surface area contributed by atoms with Crippen molar-refractivity contribution in [3.63, 3.8) is 0 Å². The normalized spacial score (nSPS) is 19.4. The summed E-state index contributed by atoms with van der Waals surface area (Å²) in [6, 6.07) is 3.29. The molecule has 0 unspecified atom stereocenters. The van der Waals surface area contributed by atoms with Crippen LogP contribution in [0.4, 0.5) is 20.3 Å². The lowest BCUT2D eigenvalue weighted by Crippen LogP contribution is -2.36. The Morgan fingerprint density at radius 2 is 2.11 bits per heavy atom. The van der Waals surface area contributed by atoms with Gasteiger partial charge >= 0.3 is 0 Å². The molecule has 0 aliphatic carbocycles. The zero-order valence-electron chi connectivity index (χ0n) is 14.6. The van der Waals surface area contributed by atoms with E-state index >= 15 is 0 Å². The molecule has 1 atom stereocenters. The molecule has 1 fully saturated rings. The second-order valence-electron chi connectivity index (χ2n) is 6.72. The number of hydrogen-bond donors (Lipinski definition) is 0. The molecule has 0 bridgehead atoms. The number of pyridine rings is 1.